The van der Waals surface area contributed by atoms with Gasteiger partial charge in [0.2, 0.25) is 10.0 Å². The number of hydrogen-bond acceptors (Lipinski definition) is 5. The summed E-state index contributed by atoms with van der Waals surface area (Å²) in [7, 11) is -0.552. The maximum Gasteiger partial charge on any atom is 0.387 e. The van der Waals surface area contributed by atoms with Crippen molar-refractivity contribution < 1.29 is 26.7 Å². The number of benzene rings is 2. The molecule has 0 aromatic heterocycles. The number of carbonyl (C=O) groups excluding carboxylic acids is 1. The van der Waals surface area contributed by atoms with E-state index in [-0.39, 0.29) is 22.7 Å². The van der Waals surface area contributed by atoms with Gasteiger partial charge in [0, 0.05) is 57.6 Å². The number of nitrogens with one attached hydrogen (secondary N) is 1. The van der Waals surface area contributed by atoms with E-state index in [1.807, 2.05) is 0 Å². The van der Waals surface area contributed by atoms with Crippen LogP contribution in [0.5, 0.6) is 5.75 Å². The van der Waals surface area contributed by atoms with Gasteiger partial charge in [0.25, 0.3) is 0 Å². The Morgan fingerprint density at radius 1 is 1.14 bits per heavy atom. The van der Waals surface area contributed by atoms with Crippen molar-refractivity contribution in [3.8, 4) is 5.75 Å². The number of carbonyl (C=O) groups is 1. The standard InChI is InChI=1S/C24H30F2N4O4S/c1-28(2)35(32,33)20-7-8-21-17(15-20)9-14-30(21)24(31)27-19-10-12-29(13-11-19)16-18-5-3-4-6-22(18)34-23(25)26/h3-8,15,19,23H,9-14,16H2,1-2H3,(H,27,31). The molecule has 4 rings (SSSR count). The van der Waals surface area contributed by atoms with E-state index in [1.165, 1.54) is 24.5 Å². The maximum atomic E-state index is 13.0. The lowest BCUT2D eigenvalue weighted by Gasteiger charge is -2.33. The third kappa shape index (κ3) is 5.74. The monoisotopic (exact) mass is 508 g/mol. The second kappa shape index (κ2) is 10.5. The Kier molecular flexibility index (Phi) is 7.58. The first kappa shape index (κ1) is 25.3. The van der Waals surface area contributed by atoms with Gasteiger partial charge in [0.05, 0.1) is 4.90 Å². The summed E-state index contributed by atoms with van der Waals surface area (Å²) in [6.07, 6.45) is 2.08. The van der Waals surface area contributed by atoms with Gasteiger partial charge in [-0.2, -0.15) is 8.78 Å². The third-order valence-corrected chi connectivity index (χ3v) is 8.28. The van der Waals surface area contributed by atoms with Gasteiger partial charge >= 0.3 is 12.6 Å². The molecule has 0 atom stereocenters. The molecule has 35 heavy (non-hydrogen) atoms. The van der Waals surface area contributed by atoms with Crippen LogP contribution in [-0.2, 0) is 23.0 Å². The summed E-state index contributed by atoms with van der Waals surface area (Å²) in [5, 5.41) is 3.10. The van der Waals surface area contributed by atoms with Crippen molar-refractivity contribution in [3.63, 3.8) is 0 Å². The molecule has 0 spiro atoms. The number of likely N-dealkylation sites (tertiary alicyclic amines) is 1. The number of amides is 2. The van der Waals surface area contributed by atoms with Crippen molar-refractivity contribution in [1.82, 2.24) is 14.5 Å². The van der Waals surface area contributed by atoms with Crippen LogP contribution in [0.25, 0.3) is 0 Å². The van der Waals surface area contributed by atoms with Crippen LogP contribution in [0.2, 0.25) is 0 Å². The fourth-order valence-corrected chi connectivity index (χ4v) is 5.49. The molecule has 2 aliphatic rings. The van der Waals surface area contributed by atoms with Gasteiger partial charge in [-0.05, 0) is 49.1 Å². The lowest BCUT2D eigenvalue weighted by Crippen LogP contribution is -2.48. The normalized spacial score (nSPS) is 17.1. The number of alkyl halides is 2. The molecule has 2 aromatic rings. The molecule has 0 radical (unpaired) electrons. The molecule has 1 saturated heterocycles. The minimum Gasteiger partial charge on any atom is -0.434 e. The summed E-state index contributed by atoms with van der Waals surface area (Å²) in [5.41, 5.74) is 2.27. The molecule has 2 aromatic carbocycles. The second-order valence-electron chi connectivity index (χ2n) is 8.97. The highest BCUT2D eigenvalue weighted by molar-refractivity contribution is 7.89. The number of anilines is 1. The first-order chi connectivity index (χ1) is 16.6. The summed E-state index contributed by atoms with van der Waals surface area (Å²) in [5.74, 6) is 0.187. The number of fused-ring (bicyclic) bond motifs is 1. The van der Waals surface area contributed by atoms with Crippen molar-refractivity contribution >= 4 is 21.7 Å². The molecule has 190 valence electrons. The van der Waals surface area contributed by atoms with E-state index in [0.717, 1.165) is 37.2 Å². The van der Waals surface area contributed by atoms with Crippen LogP contribution in [0.3, 0.4) is 0 Å². The predicted octanol–water partition coefficient (Wildman–Crippen LogP) is 3.28. The minimum atomic E-state index is -3.53. The van der Waals surface area contributed by atoms with Crippen LogP contribution in [0.1, 0.15) is 24.0 Å². The number of ether oxygens (including phenoxy) is 1. The van der Waals surface area contributed by atoms with Crippen LogP contribution >= 0.6 is 0 Å². The zero-order valence-corrected chi connectivity index (χ0v) is 20.6. The molecule has 0 saturated carbocycles. The fourth-order valence-electron chi connectivity index (χ4n) is 4.53. The summed E-state index contributed by atoms with van der Waals surface area (Å²) in [4.78, 5) is 17.0. The van der Waals surface area contributed by atoms with Gasteiger partial charge < -0.3 is 10.1 Å². The van der Waals surface area contributed by atoms with Crippen LogP contribution in [0.15, 0.2) is 47.4 Å². The average Bonchev–Trinajstić information content (AvgIpc) is 3.25. The van der Waals surface area contributed by atoms with Gasteiger partial charge in [-0.3, -0.25) is 9.80 Å². The molecule has 2 aliphatic heterocycles. The first-order valence-electron chi connectivity index (χ1n) is 11.5. The highest BCUT2D eigenvalue weighted by Crippen LogP contribution is 2.31. The summed E-state index contributed by atoms with van der Waals surface area (Å²) in [6, 6.07) is 11.5. The Labute approximate surface area is 204 Å². The van der Waals surface area contributed by atoms with Crippen molar-refractivity contribution in [1.29, 1.82) is 0 Å². The highest BCUT2D eigenvalue weighted by atomic mass is 32.2. The molecule has 0 bridgehead atoms. The number of piperidine rings is 1. The Hall–Kier alpha value is -2.76. The Morgan fingerprint density at radius 3 is 2.54 bits per heavy atom. The van der Waals surface area contributed by atoms with Gasteiger partial charge in [-0.25, -0.2) is 17.5 Å². The Morgan fingerprint density at radius 2 is 1.86 bits per heavy atom. The predicted molar refractivity (Wildman–Crippen MR) is 128 cm³/mol. The van der Waals surface area contributed by atoms with E-state index < -0.39 is 16.6 Å². The average molecular weight is 509 g/mol. The second-order valence-corrected chi connectivity index (χ2v) is 11.1. The zero-order valence-electron chi connectivity index (χ0n) is 19.8. The van der Waals surface area contributed by atoms with Crippen molar-refractivity contribution in [3.05, 3.63) is 53.6 Å². The van der Waals surface area contributed by atoms with E-state index in [1.54, 1.807) is 41.3 Å². The molecule has 0 aliphatic carbocycles. The van der Waals surface area contributed by atoms with E-state index in [0.29, 0.717) is 25.1 Å². The van der Waals surface area contributed by atoms with E-state index in [2.05, 4.69) is 15.0 Å². The number of urea groups is 1. The lowest BCUT2D eigenvalue weighted by molar-refractivity contribution is -0.0508. The van der Waals surface area contributed by atoms with E-state index >= 15 is 0 Å². The van der Waals surface area contributed by atoms with Gasteiger partial charge in [0.15, 0.2) is 0 Å². The molecule has 8 nitrogen and oxygen atoms in total. The quantitative estimate of drug-likeness (QED) is 0.621. The van der Waals surface area contributed by atoms with Crippen LogP contribution < -0.4 is 15.0 Å². The number of hydrogen-bond donors (Lipinski definition) is 1. The zero-order chi connectivity index (χ0) is 25.2. The topological polar surface area (TPSA) is 82.2 Å². The number of rotatable bonds is 7. The van der Waals surface area contributed by atoms with Crippen molar-refractivity contribution in [2.24, 2.45) is 0 Å². The maximum absolute atomic E-state index is 13.0. The largest absolute Gasteiger partial charge is 0.434 e. The molecule has 2 heterocycles. The Balaban J connectivity index is 1.32. The number of nitrogens with zero attached hydrogens (tertiary/aromatic N) is 3. The van der Waals surface area contributed by atoms with Crippen LogP contribution in [0, 0.1) is 0 Å². The number of halogens is 2. The molecule has 11 heteroatoms. The van der Waals surface area contributed by atoms with Gasteiger partial charge in [0.1, 0.15) is 5.75 Å². The van der Waals surface area contributed by atoms with Crippen LogP contribution in [-0.4, -0.2) is 70.0 Å². The van der Waals surface area contributed by atoms with Crippen molar-refractivity contribution in [2.75, 3.05) is 38.6 Å². The fraction of sp³-hybridized carbons (Fsp3) is 0.458. The molecular weight excluding hydrogens is 478 g/mol. The molecule has 2 amide bonds. The first-order valence-corrected chi connectivity index (χ1v) is 13.0. The summed E-state index contributed by atoms with van der Waals surface area (Å²) < 4.78 is 55.9. The van der Waals surface area contributed by atoms with E-state index in [9.17, 15) is 22.0 Å². The smallest absolute Gasteiger partial charge is 0.387 e. The van der Waals surface area contributed by atoms with Gasteiger partial charge in [-0.1, -0.05) is 18.2 Å². The molecule has 0 unspecified atom stereocenters. The number of para-hydroxylation sites is 1. The number of sulfonamides is 1. The molecule has 1 N–H and O–H groups in total. The SMILES string of the molecule is CN(C)S(=O)(=O)c1ccc2c(c1)CCN2C(=O)NC1CCN(Cc2ccccc2OC(F)F)CC1. The van der Waals surface area contributed by atoms with E-state index in [4.69, 9.17) is 0 Å². The lowest BCUT2D eigenvalue weighted by atomic mass is 10.0. The van der Waals surface area contributed by atoms with Crippen molar-refractivity contribution in [2.45, 2.75) is 43.4 Å². The van der Waals surface area contributed by atoms with Crippen LogP contribution in [0.4, 0.5) is 19.3 Å². The van der Waals surface area contributed by atoms with Gasteiger partial charge in [-0.15, -0.1) is 0 Å². The Bertz CT molecular complexity index is 1170. The summed E-state index contributed by atoms with van der Waals surface area (Å²) in [6.45, 7) is -0.433. The molecule has 1 fully saturated rings. The minimum absolute atomic E-state index is 0.00347. The summed E-state index contributed by atoms with van der Waals surface area (Å²) >= 11 is 0. The molecular formula is C24H30F2N4O4S. The highest BCUT2D eigenvalue weighted by Gasteiger charge is 2.29. The third-order valence-electron chi connectivity index (χ3n) is 6.47.